The lowest BCUT2D eigenvalue weighted by Crippen LogP contribution is -2.19. The molecular weight excluding hydrogens is 416 g/mol. The molecule has 156 valence electrons. The molecule has 7 nitrogen and oxygen atoms in total. The molecule has 2 N–H and O–H groups in total. The highest BCUT2D eigenvalue weighted by atomic mass is 32.2. The fraction of sp³-hybridized carbons (Fsp3) is 0.0870. The number of aryl methyl sites for hydroxylation is 1. The number of carbonyl (C=O) groups excluding carboxylic acids is 1. The molecule has 1 aliphatic rings. The van der Waals surface area contributed by atoms with Gasteiger partial charge in [-0.3, -0.25) is 4.79 Å². The molecule has 1 aromatic heterocycles. The topological polar surface area (TPSA) is 101 Å². The fourth-order valence-electron chi connectivity index (χ4n) is 3.07. The third-order valence-corrected chi connectivity index (χ3v) is 5.44. The third kappa shape index (κ3) is 4.39. The first kappa shape index (κ1) is 20.5. The molecule has 2 heterocycles. The number of carboxylic acid groups (broad SMARTS) is 1. The molecule has 0 unspecified atom stereocenters. The van der Waals surface area contributed by atoms with Gasteiger partial charge in [0.25, 0.3) is 5.91 Å². The van der Waals surface area contributed by atoms with Gasteiger partial charge in [-0.2, -0.15) is 0 Å². The fourth-order valence-corrected chi connectivity index (χ4v) is 3.88. The number of hydrogen-bond acceptors (Lipinski definition) is 6. The van der Waals surface area contributed by atoms with E-state index in [2.05, 4.69) is 10.3 Å². The summed E-state index contributed by atoms with van der Waals surface area (Å²) in [6.45, 7) is 1.95. The second-order valence-corrected chi connectivity index (χ2v) is 7.74. The lowest BCUT2D eigenvalue weighted by Gasteiger charge is -2.05. The molecule has 1 amide bonds. The molecule has 4 rings (SSSR count). The Morgan fingerprint density at radius 2 is 2.00 bits per heavy atom. The van der Waals surface area contributed by atoms with Crippen LogP contribution in [0.3, 0.4) is 0 Å². The van der Waals surface area contributed by atoms with E-state index >= 15 is 0 Å². The molecule has 31 heavy (non-hydrogen) atoms. The summed E-state index contributed by atoms with van der Waals surface area (Å²) in [5.41, 5.74) is 2.26. The van der Waals surface area contributed by atoms with Crippen LogP contribution < -0.4 is 10.1 Å². The number of amidine groups is 1. The van der Waals surface area contributed by atoms with Crippen molar-refractivity contribution < 1.29 is 23.8 Å². The number of carbonyl (C=O) groups is 2. The molecule has 1 fully saturated rings. The second-order valence-electron chi connectivity index (χ2n) is 6.71. The Kier molecular flexibility index (Phi) is 5.64. The second kappa shape index (κ2) is 8.53. The minimum atomic E-state index is -1.04. The van der Waals surface area contributed by atoms with Crippen molar-refractivity contribution in [2.45, 2.75) is 6.92 Å². The number of thioether (sulfide) groups is 1. The lowest BCUT2D eigenvalue weighted by molar-refractivity contribution is -0.115. The van der Waals surface area contributed by atoms with Crippen LogP contribution in [-0.4, -0.2) is 29.3 Å². The maximum absolute atomic E-state index is 12.4. The van der Waals surface area contributed by atoms with Crippen molar-refractivity contribution in [3.05, 3.63) is 76.4 Å². The van der Waals surface area contributed by atoms with E-state index in [1.54, 1.807) is 43.5 Å². The predicted molar refractivity (Wildman–Crippen MR) is 120 cm³/mol. The van der Waals surface area contributed by atoms with Gasteiger partial charge in [-0.15, -0.1) is 0 Å². The largest absolute Gasteiger partial charge is 0.494 e. The van der Waals surface area contributed by atoms with E-state index in [0.717, 1.165) is 5.56 Å². The van der Waals surface area contributed by atoms with Crippen LogP contribution >= 0.6 is 11.8 Å². The number of nitrogens with one attached hydrogen (secondary N) is 1. The van der Waals surface area contributed by atoms with E-state index in [9.17, 15) is 14.7 Å². The molecule has 0 bridgehead atoms. The van der Waals surface area contributed by atoms with Gasteiger partial charge in [0.05, 0.1) is 17.6 Å². The van der Waals surface area contributed by atoms with Crippen LogP contribution in [0.15, 0.2) is 68.9 Å². The maximum atomic E-state index is 12.4. The van der Waals surface area contributed by atoms with E-state index in [-0.39, 0.29) is 11.5 Å². The number of nitrogens with zero attached hydrogens (tertiary/aromatic N) is 1. The highest BCUT2D eigenvalue weighted by Gasteiger charge is 2.25. The Bertz CT molecular complexity index is 1240. The third-order valence-electron chi connectivity index (χ3n) is 4.53. The smallest absolute Gasteiger partial charge is 0.336 e. The number of amides is 1. The van der Waals surface area contributed by atoms with Gasteiger partial charge < -0.3 is 19.6 Å². The molecule has 0 saturated carbocycles. The minimum Gasteiger partial charge on any atom is -0.494 e. The molecule has 0 spiro atoms. The van der Waals surface area contributed by atoms with Crippen molar-refractivity contribution in [1.29, 1.82) is 0 Å². The van der Waals surface area contributed by atoms with Gasteiger partial charge in [-0.05, 0) is 54.6 Å². The van der Waals surface area contributed by atoms with Crippen molar-refractivity contribution in [1.82, 2.24) is 5.32 Å². The van der Waals surface area contributed by atoms with Gasteiger partial charge in [0.15, 0.2) is 5.17 Å². The number of carboxylic acids is 1. The summed E-state index contributed by atoms with van der Waals surface area (Å²) in [4.78, 5) is 28.8. The number of rotatable bonds is 5. The molecule has 0 radical (unpaired) electrons. The van der Waals surface area contributed by atoms with Crippen LogP contribution in [0.4, 0.5) is 5.69 Å². The zero-order valence-corrected chi connectivity index (χ0v) is 17.5. The van der Waals surface area contributed by atoms with Crippen LogP contribution in [-0.2, 0) is 4.79 Å². The first-order chi connectivity index (χ1) is 14.9. The molecule has 0 atom stereocenters. The monoisotopic (exact) mass is 434 g/mol. The van der Waals surface area contributed by atoms with E-state index in [0.29, 0.717) is 38.6 Å². The predicted octanol–water partition coefficient (Wildman–Crippen LogP) is 4.85. The van der Waals surface area contributed by atoms with E-state index in [1.165, 1.54) is 17.8 Å². The summed E-state index contributed by atoms with van der Waals surface area (Å²) in [5, 5.41) is 12.5. The molecule has 1 saturated heterocycles. The zero-order valence-electron chi connectivity index (χ0n) is 16.7. The number of hydrogen-bond donors (Lipinski definition) is 2. The Balaban J connectivity index is 1.60. The van der Waals surface area contributed by atoms with Crippen molar-refractivity contribution >= 4 is 40.6 Å². The summed E-state index contributed by atoms with van der Waals surface area (Å²) < 4.78 is 11.1. The minimum absolute atomic E-state index is 0.144. The normalized spacial score (nSPS) is 16.0. The standard InChI is InChI=1S/C23H18N2O5S/c1-13-7-9-19(29-2)17(11-13)24-23-25-21(26)20(31-23)12-14-8-10-18(30-14)15-5-3-4-6-16(15)22(27)28/h3-12H,1-2H3,(H,27,28)(H,24,25,26)/b20-12-. The molecule has 0 aliphatic carbocycles. The van der Waals surface area contributed by atoms with Crippen LogP contribution in [0.5, 0.6) is 5.75 Å². The quantitative estimate of drug-likeness (QED) is 0.557. The average molecular weight is 434 g/mol. The maximum Gasteiger partial charge on any atom is 0.336 e. The SMILES string of the molecule is COc1ccc(C)cc1N=C1NC(=O)/C(=C/c2ccc(-c3ccccc3C(=O)O)o2)S1. The van der Waals surface area contributed by atoms with Crippen molar-refractivity contribution in [3.63, 3.8) is 0 Å². The zero-order chi connectivity index (χ0) is 22.0. The van der Waals surface area contributed by atoms with Crippen molar-refractivity contribution in [2.75, 3.05) is 7.11 Å². The summed E-state index contributed by atoms with van der Waals surface area (Å²) in [6.07, 6.45) is 1.60. The Morgan fingerprint density at radius 3 is 2.77 bits per heavy atom. The Labute approximate surface area is 182 Å². The summed E-state index contributed by atoms with van der Waals surface area (Å²) in [5.74, 6) is 0.122. The van der Waals surface area contributed by atoms with Gasteiger partial charge in [-0.1, -0.05) is 24.3 Å². The van der Waals surface area contributed by atoms with Crippen LogP contribution in [0.25, 0.3) is 17.4 Å². The Hall–Kier alpha value is -3.78. The molecule has 1 aliphatic heterocycles. The van der Waals surface area contributed by atoms with E-state index in [4.69, 9.17) is 9.15 Å². The van der Waals surface area contributed by atoms with E-state index < -0.39 is 5.97 Å². The number of ether oxygens (including phenoxy) is 1. The molecular formula is C23H18N2O5S. The van der Waals surface area contributed by atoms with Crippen molar-refractivity contribution in [3.8, 4) is 17.1 Å². The number of furan rings is 1. The van der Waals surface area contributed by atoms with Gasteiger partial charge in [-0.25, -0.2) is 9.79 Å². The van der Waals surface area contributed by atoms with E-state index in [1.807, 2.05) is 25.1 Å². The highest BCUT2D eigenvalue weighted by Crippen LogP contribution is 2.34. The first-order valence-electron chi connectivity index (χ1n) is 9.31. The lowest BCUT2D eigenvalue weighted by atomic mass is 10.1. The molecule has 2 aromatic carbocycles. The van der Waals surface area contributed by atoms with Gasteiger partial charge in [0.1, 0.15) is 23.0 Å². The number of methoxy groups -OCH3 is 1. The average Bonchev–Trinajstić information content (AvgIpc) is 3.35. The Morgan fingerprint density at radius 1 is 1.19 bits per heavy atom. The van der Waals surface area contributed by atoms with Gasteiger partial charge in [0.2, 0.25) is 0 Å². The number of aromatic carboxylic acids is 1. The van der Waals surface area contributed by atoms with Gasteiger partial charge in [0, 0.05) is 11.6 Å². The van der Waals surface area contributed by atoms with Crippen molar-refractivity contribution in [2.24, 2.45) is 4.99 Å². The van der Waals surface area contributed by atoms with Crippen LogP contribution in [0.2, 0.25) is 0 Å². The van der Waals surface area contributed by atoms with Crippen LogP contribution in [0.1, 0.15) is 21.7 Å². The molecule has 3 aromatic rings. The summed E-state index contributed by atoms with van der Waals surface area (Å²) in [7, 11) is 1.57. The first-order valence-corrected chi connectivity index (χ1v) is 10.1. The summed E-state index contributed by atoms with van der Waals surface area (Å²) >= 11 is 1.19. The van der Waals surface area contributed by atoms with Gasteiger partial charge >= 0.3 is 5.97 Å². The molecule has 8 heteroatoms. The highest BCUT2D eigenvalue weighted by molar-refractivity contribution is 8.18. The summed E-state index contributed by atoms with van der Waals surface area (Å²) in [6, 6.07) is 15.6. The van der Waals surface area contributed by atoms with Crippen LogP contribution in [0, 0.1) is 6.92 Å². The number of benzene rings is 2. The number of aliphatic imine (C=N–C) groups is 1.